The van der Waals surface area contributed by atoms with Crippen LogP contribution in [0.25, 0.3) is 0 Å². The van der Waals surface area contributed by atoms with Gasteiger partial charge in [0.2, 0.25) is 18.1 Å². The minimum absolute atomic E-state index is 0.0949. The molecule has 0 spiro atoms. The molecule has 3 rings (SSSR count). The third-order valence-electron chi connectivity index (χ3n) is 4.99. The highest BCUT2D eigenvalue weighted by atomic mass is 32.1. The number of amides is 2. The second-order valence-electron chi connectivity index (χ2n) is 7.37. The maximum absolute atomic E-state index is 12.6. The number of nitrogen functional groups attached to an aromatic ring is 1. The van der Waals surface area contributed by atoms with E-state index in [0.717, 1.165) is 15.3 Å². The molecule has 8 nitrogen and oxygen atoms in total. The van der Waals surface area contributed by atoms with Crippen LogP contribution in [0.1, 0.15) is 36.1 Å². The monoisotopic (exact) mass is 485 g/mol. The molecular formula is C21H22F3N3O5S. The quantitative estimate of drug-likeness (QED) is 0.455. The van der Waals surface area contributed by atoms with Crippen molar-refractivity contribution in [1.29, 1.82) is 0 Å². The number of benzene rings is 1. The Morgan fingerprint density at radius 2 is 1.91 bits per heavy atom. The molecule has 12 heteroatoms. The summed E-state index contributed by atoms with van der Waals surface area (Å²) in [7, 11) is 0. The number of thiazole rings is 1. The van der Waals surface area contributed by atoms with Gasteiger partial charge in [-0.2, -0.15) is 13.2 Å². The third kappa shape index (κ3) is 7.11. The molecule has 1 unspecified atom stereocenters. The average Bonchev–Trinajstić information content (AvgIpc) is 3.17. The van der Waals surface area contributed by atoms with Gasteiger partial charge in [-0.05, 0) is 24.3 Å². The molecule has 2 aromatic rings. The number of aryl methyl sites for hydroxylation is 1. The normalized spacial score (nSPS) is 18.5. The Kier molecular flexibility index (Phi) is 8.69. The summed E-state index contributed by atoms with van der Waals surface area (Å²) in [5.41, 5.74) is 6.56. The Hall–Kier alpha value is -3.28. The first-order chi connectivity index (χ1) is 15.4. The number of nitrogens with two attached hydrogens (primary N) is 1. The molecule has 33 heavy (non-hydrogen) atoms. The van der Waals surface area contributed by atoms with Crippen LogP contribution in [-0.4, -0.2) is 51.3 Å². The van der Waals surface area contributed by atoms with Crippen LogP contribution < -0.4 is 5.73 Å². The number of carbonyl (C=O) groups excluding carboxylic acids is 3. The number of aldehydes is 1. The van der Waals surface area contributed by atoms with E-state index in [-0.39, 0.29) is 12.3 Å². The van der Waals surface area contributed by atoms with Gasteiger partial charge < -0.3 is 10.8 Å². The summed E-state index contributed by atoms with van der Waals surface area (Å²) >= 11 is 1.32. The van der Waals surface area contributed by atoms with Crippen molar-refractivity contribution in [2.24, 2.45) is 5.92 Å². The maximum Gasteiger partial charge on any atom is 0.446 e. The number of carboxylic acids is 1. The van der Waals surface area contributed by atoms with Gasteiger partial charge in [0.15, 0.2) is 5.13 Å². The van der Waals surface area contributed by atoms with E-state index in [2.05, 4.69) is 4.98 Å². The minimum atomic E-state index is -4.64. The van der Waals surface area contributed by atoms with Gasteiger partial charge in [-0.3, -0.25) is 19.3 Å². The smallest absolute Gasteiger partial charge is 0.446 e. The Labute approximate surface area is 191 Å². The summed E-state index contributed by atoms with van der Waals surface area (Å²) in [4.78, 5) is 51.1. The highest BCUT2D eigenvalue weighted by Gasteiger charge is 2.54. The van der Waals surface area contributed by atoms with E-state index in [4.69, 9.17) is 10.5 Å². The van der Waals surface area contributed by atoms with E-state index in [1.807, 2.05) is 37.3 Å². The molecule has 1 aliphatic heterocycles. The summed E-state index contributed by atoms with van der Waals surface area (Å²) in [5, 5.41) is 9.95. The zero-order valence-corrected chi connectivity index (χ0v) is 18.3. The van der Waals surface area contributed by atoms with Crippen molar-refractivity contribution in [3.05, 3.63) is 47.0 Å². The number of aromatic nitrogens is 1. The number of carboxylic acid groups (broad SMARTS) is 1. The average molecular weight is 485 g/mol. The number of imide groups is 1. The first-order valence-corrected chi connectivity index (χ1v) is 10.6. The van der Waals surface area contributed by atoms with E-state index in [0.29, 0.717) is 18.0 Å². The number of anilines is 1. The molecule has 1 aliphatic rings. The molecular weight excluding hydrogens is 463 g/mol. The fourth-order valence-corrected chi connectivity index (χ4v) is 4.09. The third-order valence-corrected chi connectivity index (χ3v) is 5.88. The number of halogens is 3. The predicted molar refractivity (Wildman–Crippen MR) is 113 cm³/mol. The summed E-state index contributed by atoms with van der Waals surface area (Å²) in [5.74, 6) is -2.79. The van der Waals surface area contributed by atoms with Gasteiger partial charge in [-0.15, -0.1) is 11.3 Å². The zero-order chi connectivity index (χ0) is 24.8. The highest BCUT2D eigenvalue weighted by molar-refractivity contribution is 7.15. The van der Waals surface area contributed by atoms with Crippen molar-refractivity contribution < 1.29 is 37.5 Å². The minimum Gasteiger partial charge on any atom is -0.480 e. The molecule has 2 heterocycles. The summed E-state index contributed by atoms with van der Waals surface area (Å²) < 4.78 is 31.2. The molecule has 1 aromatic carbocycles. The topological polar surface area (TPSA) is 131 Å². The number of carbonyl (C=O) groups is 4. The van der Waals surface area contributed by atoms with Crippen LogP contribution in [0.4, 0.5) is 18.3 Å². The number of likely N-dealkylation sites (tertiary alicyclic amines) is 1. The number of rotatable bonds is 7. The lowest BCUT2D eigenvalue weighted by Gasteiger charge is -2.43. The summed E-state index contributed by atoms with van der Waals surface area (Å²) in [6, 6.07) is 8.38. The van der Waals surface area contributed by atoms with Gasteiger partial charge >= 0.3 is 12.1 Å². The molecule has 1 aromatic heterocycles. The van der Waals surface area contributed by atoms with E-state index in [1.165, 1.54) is 11.3 Å². The van der Waals surface area contributed by atoms with E-state index < -0.39 is 42.2 Å². The Morgan fingerprint density at radius 3 is 2.39 bits per heavy atom. The largest absolute Gasteiger partial charge is 0.480 e. The Bertz CT molecular complexity index is 997. The second kappa shape index (κ2) is 11.0. The van der Waals surface area contributed by atoms with Crippen molar-refractivity contribution in [3.63, 3.8) is 0 Å². The number of β-lactam (4-membered cyclic amide) rings is 1. The van der Waals surface area contributed by atoms with Crippen LogP contribution in [0.2, 0.25) is 0 Å². The first kappa shape index (κ1) is 26.0. The highest BCUT2D eigenvalue weighted by Crippen LogP contribution is 2.34. The lowest BCUT2D eigenvalue weighted by Crippen LogP contribution is -2.66. The van der Waals surface area contributed by atoms with Crippen molar-refractivity contribution >= 4 is 40.5 Å². The summed E-state index contributed by atoms with van der Waals surface area (Å²) in [6.45, 7) is 1.89. The summed E-state index contributed by atoms with van der Waals surface area (Å²) in [6.07, 6.45) is -3.11. The number of aliphatic carboxylic acids is 1. The molecule has 1 fully saturated rings. The predicted octanol–water partition coefficient (Wildman–Crippen LogP) is 3.04. The van der Waals surface area contributed by atoms with Crippen LogP contribution in [0, 0.1) is 5.92 Å². The SMILES string of the molecule is C[C@@H](CC(=O)N1C(=O)C(CCc2cnc(N)s2)[C@H]1C(=O)O)c1ccccc1.O=CC(F)(F)F. The van der Waals surface area contributed by atoms with Crippen LogP contribution in [0.3, 0.4) is 0 Å². The van der Waals surface area contributed by atoms with Gasteiger partial charge in [0.1, 0.15) is 6.04 Å². The zero-order valence-electron chi connectivity index (χ0n) is 17.5. The fourth-order valence-electron chi connectivity index (χ4n) is 3.39. The number of hydrogen-bond donors (Lipinski definition) is 2. The van der Waals surface area contributed by atoms with Crippen LogP contribution in [0.15, 0.2) is 36.5 Å². The number of hydrogen-bond acceptors (Lipinski definition) is 7. The molecule has 3 atom stereocenters. The van der Waals surface area contributed by atoms with Crippen LogP contribution >= 0.6 is 11.3 Å². The lowest BCUT2D eigenvalue weighted by molar-refractivity contribution is -0.177. The first-order valence-electron chi connectivity index (χ1n) is 9.81. The van der Waals surface area contributed by atoms with Gasteiger partial charge in [0, 0.05) is 17.5 Å². The molecule has 0 aliphatic carbocycles. The molecule has 0 bridgehead atoms. The van der Waals surface area contributed by atoms with E-state index in [1.54, 1.807) is 6.20 Å². The molecule has 0 saturated carbocycles. The second-order valence-corrected chi connectivity index (χ2v) is 8.52. The van der Waals surface area contributed by atoms with Crippen LogP contribution in [-0.2, 0) is 25.6 Å². The number of alkyl halides is 3. The van der Waals surface area contributed by atoms with Gasteiger partial charge in [-0.25, -0.2) is 9.78 Å². The van der Waals surface area contributed by atoms with Crippen LogP contribution in [0.5, 0.6) is 0 Å². The van der Waals surface area contributed by atoms with Crippen molar-refractivity contribution in [1.82, 2.24) is 9.88 Å². The van der Waals surface area contributed by atoms with Gasteiger partial charge in [-0.1, -0.05) is 37.3 Å². The standard InChI is InChI=1S/C19H21N3O4S.C2HF3O/c1-11(12-5-3-2-4-6-12)9-15(23)22-16(18(25)26)14(17(22)24)8-7-13-10-21-19(20)27-13;3-2(4,5)1-6/h2-6,10-11,14,16H,7-9H2,1H3,(H2,20,21)(H,25,26);1H/t11-,14?,16-;/m0./s1. The Balaban J connectivity index is 0.000000569. The lowest BCUT2D eigenvalue weighted by atomic mass is 9.82. The van der Waals surface area contributed by atoms with Crippen molar-refractivity contribution in [3.8, 4) is 0 Å². The molecule has 2 amide bonds. The molecule has 1 saturated heterocycles. The van der Waals surface area contributed by atoms with Crippen molar-refractivity contribution in [2.45, 2.75) is 44.3 Å². The van der Waals surface area contributed by atoms with Gasteiger partial charge in [0.25, 0.3) is 0 Å². The molecule has 0 radical (unpaired) electrons. The van der Waals surface area contributed by atoms with Gasteiger partial charge in [0.05, 0.1) is 5.92 Å². The van der Waals surface area contributed by atoms with E-state index in [9.17, 15) is 32.7 Å². The molecule has 178 valence electrons. The maximum atomic E-state index is 12.6. The molecule has 3 N–H and O–H groups in total. The number of nitrogens with zero attached hydrogens (tertiary/aromatic N) is 2. The fraction of sp³-hybridized carbons (Fsp3) is 0.381. The van der Waals surface area contributed by atoms with Crippen molar-refractivity contribution in [2.75, 3.05) is 5.73 Å². The van der Waals surface area contributed by atoms with E-state index >= 15 is 0 Å². The Morgan fingerprint density at radius 1 is 1.30 bits per heavy atom.